The lowest BCUT2D eigenvalue weighted by Crippen LogP contribution is -2.43. The molecule has 0 unspecified atom stereocenters. The minimum atomic E-state index is -0.577. The zero-order chi connectivity index (χ0) is 15.4. The molecule has 0 fully saturated rings. The van der Waals surface area contributed by atoms with Gasteiger partial charge in [-0.1, -0.05) is 11.6 Å². The summed E-state index contributed by atoms with van der Waals surface area (Å²) in [6, 6.07) is 5.01. The van der Waals surface area contributed by atoms with Crippen LogP contribution >= 0.6 is 11.6 Å². The van der Waals surface area contributed by atoms with E-state index >= 15 is 0 Å². The fraction of sp³-hybridized carbons (Fsp3) is 0.154. The van der Waals surface area contributed by atoms with Gasteiger partial charge in [0.2, 0.25) is 0 Å². The maximum atomic E-state index is 12.0. The highest BCUT2D eigenvalue weighted by Gasteiger charge is 2.14. The summed E-state index contributed by atoms with van der Waals surface area (Å²) in [6.45, 7) is -0.165. The Morgan fingerprint density at radius 2 is 2.14 bits per heavy atom. The second-order valence-corrected chi connectivity index (χ2v) is 4.62. The molecule has 21 heavy (non-hydrogen) atoms. The first-order valence-corrected chi connectivity index (χ1v) is 6.32. The van der Waals surface area contributed by atoms with E-state index in [2.05, 4.69) is 20.6 Å². The smallest absolute Gasteiger partial charge is 0.273 e. The third-order valence-electron chi connectivity index (χ3n) is 2.71. The third-order valence-corrected chi connectivity index (χ3v) is 2.94. The molecule has 2 amide bonds. The van der Waals surface area contributed by atoms with Crippen LogP contribution in [-0.2, 0) is 9.53 Å². The minimum Gasteiger partial charge on any atom is -0.397 e. The molecule has 7 nitrogen and oxygen atoms in total. The number of hydrogen-bond donors (Lipinski definition) is 3. The molecule has 0 radical (unpaired) electrons. The van der Waals surface area contributed by atoms with E-state index < -0.39 is 11.8 Å². The largest absolute Gasteiger partial charge is 0.397 e. The number of hydrazine groups is 1. The molecule has 2 aromatic rings. The normalized spacial score (nSPS) is 10.4. The maximum Gasteiger partial charge on any atom is 0.273 e. The van der Waals surface area contributed by atoms with Gasteiger partial charge in [0.15, 0.2) is 0 Å². The van der Waals surface area contributed by atoms with Crippen LogP contribution in [0.5, 0.6) is 0 Å². The fourth-order valence-corrected chi connectivity index (χ4v) is 1.90. The van der Waals surface area contributed by atoms with Crippen LogP contribution in [0.2, 0.25) is 5.02 Å². The van der Waals surface area contributed by atoms with Gasteiger partial charge in [-0.2, -0.15) is 0 Å². The Balaban J connectivity index is 2.23. The van der Waals surface area contributed by atoms with E-state index in [1.54, 1.807) is 18.2 Å². The second kappa shape index (κ2) is 6.38. The zero-order valence-corrected chi connectivity index (χ0v) is 11.9. The summed E-state index contributed by atoms with van der Waals surface area (Å²) >= 11 is 5.91. The molecule has 0 aliphatic heterocycles. The lowest BCUT2D eigenvalue weighted by atomic mass is 10.1. The average Bonchev–Trinajstić information content (AvgIpc) is 2.46. The molecule has 2 rings (SSSR count). The van der Waals surface area contributed by atoms with Crippen LogP contribution in [0.15, 0.2) is 24.4 Å². The predicted molar refractivity (Wildman–Crippen MR) is 78.7 cm³/mol. The van der Waals surface area contributed by atoms with Crippen molar-refractivity contribution < 1.29 is 14.3 Å². The third kappa shape index (κ3) is 3.39. The molecular weight excluding hydrogens is 296 g/mol. The first-order chi connectivity index (χ1) is 10.0. The van der Waals surface area contributed by atoms with Crippen molar-refractivity contribution in [3.8, 4) is 0 Å². The molecule has 0 saturated carbocycles. The highest BCUT2D eigenvalue weighted by atomic mass is 35.5. The van der Waals surface area contributed by atoms with Crippen molar-refractivity contribution in [3.63, 3.8) is 0 Å². The Morgan fingerprint density at radius 1 is 1.38 bits per heavy atom. The van der Waals surface area contributed by atoms with Crippen LogP contribution in [-0.4, -0.2) is 30.5 Å². The van der Waals surface area contributed by atoms with Crippen LogP contribution in [0.25, 0.3) is 10.9 Å². The number of benzene rings is 1. The summed E-state index contributed by atoms with van der Waals surface area (Å²) in [5.41, 5.74) is 11.4. The molecule has 0 aliphatic carbocycles. The van der Waals surface area contributed by atoms with Gasteiger partial charge >= 0.3 is 0 Å². The summed E-state index contributed by atoms with van der Waals surface area (Å²) < 4.78 is 4.62. The number of nitrogens with two attached hydrogens (primary N) is 1. The van der Waals surface area contributed by atoms with E-state index in [0.717, 1.165) is 0 Å². The second-order valence-electron chi connectivity index (χ2n) is 4.18. The van der Waals surface area contributed by atoms with Gasteiger partial charge in [0.05, 0.1) is 16.8 Å². The van der Waals surface area contributed by atoms with Crippen LogP contribution in [0.1, 0.15) is 10.4 Å². The number of fused-ring (bicyclic) bond motifs is 1. The minimum absolute atomic E-state index is 0.141. The number of pyridine rings is 1. The number of rotatable bonds is 3. The van der Waals surface area contributed by atoms with Crippen molar-refractivity contribution >= 4 is 40.0 Å². The Labute approximate surface area is 125 Å². The van der Waals surface area contributed by atoms with E-state index in [9.17, 15) is 9.59 Å². The van der Waals surface area contributed by atoms with Gasteiger partial charge < -0.3 is 10.5 Å². The first-order valence-electron chi connectivity index (χ1n) is 5.94. The Kier molecular flexibility index (Phi) is 4.56. The maximum absolute atomic E-state index is 12.0. The SMILES string of the molecule is COCC(=O)NNC(=O)c1cnc2ccc(Cl)cc2c1N. The fourth-order valence-electron chi connectivity index (χ4n) is 1.73. The highest BCUT2D eigenvalue weighted by Crippen LogP contribution is 2.25. The first kappa shape index (κ1) is 15.0. The van der Waals surface area contributed by atoms with Gasteiger partial charge in [-0.05, 0) is 18.2 Å². The number of carbonyl (C=O) groups is 2. The van der Waals surface area contributed by atoms with Crippen molar-refractivity contribution in [1.29, 1.82) is 0 Å². The molecule has 1 aromatic heterocycles. The number of ether oxygens (including phenoxy) is 1. The van der Waals surface area contributed by atoms with Crippen molar-refractivity contribution in [2.24, 2.45) is 0 Å². The topological polar surface area (TPSA) is 106 Å². The van der Waals surface area contributed by atoms with Crippen molar-refractivity contribution in [2.75, 3.05) is 19.5 Å². The predicted octanol–water partition coefficient (Wildman–Crippen LogP) is 0.878. The Bertz CT molecular complexity index is 705. The zero-order valence-electron chi connectivity index (χ0n) is 11.1. The lowest BCUT2D eigenvalue weighted by molar-refractivity contribution is -0.125. The summed E-state index contributed by atoms with van der Waals surface area (Å²) in [5.74, 6) is -1.06. The molecule has 0 aliphatic rings. The molecule has 1 aromatic carbocycles. The molecule has 0 saturated heterocycles. The van der Waals surface area contributed by atoms with E-state index in [0.29, 0.717) is 15.9 Å². The average molecular weight is 309 g/mol. The molecule has 1 heterocycles. The number of nitrogen functional groups attached to an aromatic ring is 1. The van der Waals surface area contributed by atoms with Crippen molar-refractivity contribution in [3.05, 3.63) is 35.0 Å². The Hall–Kier alpha value is -2.38. The number of nitrogens with one attached hydrogen (secondary N) is 2. The summed E-state index contributed by atoms with van der Waals surface area (Å²) in [4.78, 5) is 27.3. The number of hydrogen-bond acceptors (Lipinski definition) is 5. The summed E-state index contributed by atoms with van der Waals surface area (Å²) in [6.07, 6.45) is 1.34. The number of halogens is 1. The van der Waals surface area contributed by atoms with Crippen LogP contribution in [0, 0.1) is 0 Å². The molecule has 110 valence electrons. The van der Waals surface area contributed by atoms with E-state index in [4.69, 9.17) is 17.3 Å². The van der Waals surface area contributed by atoms with Crippen LogP contribution in [0.4, 0.5) is 5.69 Å². The van der Waals surface area contributed by atoms with Crippen molar-refractivity contribution in [1.82, 2.24) is 15.8 Å². The molecule has 0 spiro atoms. The number of aromatic nitrogens is 1. The summed E-state index contributed by atoms with van der Waals surface area (Å²) in [5, 5.41) is 1.06. The number of amides is 2. The molecule has 4 N–H and O–H groups in total. The van der Waals surface area contributed by atoms with Crippen LogP contribution < -0.4 is 16.6 Å². The van der Waals surface area contributed by atoms with Gasteiger partial charge in [-0.15, -0.1) is 0 Å². The quantitative estimate of drug-likeness (QED) is 0.730. The van der Waals surface area contributed by atoms with Gasteiger partial charge in [0.25, 0.3) is 11.8 Å². The number of nitrogens with zero attached hydrogens (tertiary/aromatic N) is 1. The standard InChI is InChI=1S/C13H13ClN4O3/c1-21-6-11(19)17-18-13(20)9-5-16-10-3-2-7(14)4-8(10)12(9)15/h2-5H,6H2,1H3,(H2,15,16)(H,17,19)(H,18,20). The molecule has 8 heteroatoms. The van der Waals surface area contributed by atoms with Crippen LogP contribution in [0.3, 0.4) is 0 Å². The lowest BCUT2D eigenvalue weighted by Gasteiger charge is -2.10. The monoisotopic (exact) mass is 308 g/mol. The van der Waals surface area contributed by atoms with Gasteiger partial charge in [0, 0.05) is 23.7 Å². The van der Waals surface area contributed by atoms with Gasteiger partial charge in [-0.3, -0.25) is 25.4 Å². The number of methoxy groups -OCH3 is 1. The number of anilines is 1. The van der Waals surface area contributed by atoms with Gasteiger partial charge in [-0.25, -0.2) is 0 Å². The number of carbonyl (C=O) groups excluding carboxylic acids is 2. The highest BCUT2D eigenvalue weighted by molar-refractivity contribution is 6.31. The van der Waals surface area contributed by atoms with Gasteiger partial charge in [0.1, 0.15) is 6.61 Å². The van der Waals surface area contributed by atoms with E-state index in [-0.39, 0.29) is 17.9 Å². The molecule has 0 atom stereocenters. The van der Waals surface area contributed by atoms with E-state index in [1.807, 2.05) is 0 Å². The van der Waals surface area contributed by atoms with Crippen molar-refractivity contribution in [2.45, 2.75) is 0 Å². The Morgan fingerprint density at radius 3 is 2.86 bits per heavy atom. The summed E-state index contributed by atoms with van der Waals surface area (Å²) in [7, 11) is 1.37. The van der Waals surface area contributed by atoms with E-state index in [1.165, 1.54) is 13.3 Å². The molecular formula is C13H13ClN4O3. The molecule has 0 bridgehead atoms.